The maximum absolute atomic E-state index is 12.8. The van der Waals surface area contributed by atoms with Crippen molar-refractivity contribution in [2.45, 2.75) is 12.3 Å². The molecule has 1 unspecified atom stereocenters. The summed E-state index contributed by atoms with van der Waals surface area (Å²) in [6, 6.07) is 0. The van der Waals surface area contributed by atoms with E-state index in [1.54, 1.807) is 0 Å². The van der Waals surface area contributed by atoms with Crippen LogP contribution in [-0.4, -0.2) is 25.7 Å². The van der Waals surface area contributed by atoms with Gasteiger partial charge in [-0.1, -0.05) is 0 Å². The Morgan fingerprint density at radius 2 is 2.36 bits per heavy atom. The molecule has 0 aliphatic carbocycles. The van der Waals surface area contributed by atoms with E-state index < -0.39 is 18.4 Å². The van der Waals surface area contributed by atoms with Crippen LogP contribution in [0.4, 0.5) is 8.78 Å². The topological polar surface area (TPSA) is 44.5 Å². The Hall–Kier alpha value is -0.260. The second-order valence-corrected chi connectivity index (χ2v) is 2.63. The van der Waals surface area contributed by atoms with Crippen molar-refractivity contribution in [3.8, 4) is 0 Å². The highest BCUT2D eigenvalue weighted by Gasteiger charge is 2.41. The van der Waals surface area contributed by atoms with Gasteiger partial charge >= 0.3 is 0 Å². The summed E-state index contributed by atoms with van der Waals surface area (Å²) in [5.41, 5.74) is 0. The standard InChI is InChI=1S/C6H11F2NO2/c7-6(8,4-11-9)5-1-2-10-3-5/h5H,1-4,9H2. The van der Waals surface area contributed by atoms with E-state index in [0.717, 1.165) is 0 Å². The van der Waals surface area contributed by atoms with Crippen molar-refractivity contribution in [3.63, 3.8) is 0 Å². The molecule has 0 aromatic heterocycles. The van der Waals surface area contributed by atoms with Crippen LogP contribution >= 0.6 is 0 Å². The summed E-state index contributed by atoms with van der Waals surface area (Å²) in [6.45, 7) is -0.206. The minimum absolute atomic E-state index is 0.107. The predicted molar refractivity (Wildman–Crippen MR) is 34.0 cm³/mol. The molecule has 1 atom stereocenters. The minimum Gasteiger partial charge on any atom is -0.381 e. The van der Waals surface area contributed by atoms with Crippen LogP contribution in [0.3, 0.4) is 0 Å². The fourth-order valence-corrected chi connectivity index (χ4v) is 1.10. The first-order chi connectivity index (χ1) is 5.17. The molecule has 5 heteroatoms. The largest absolute Gasteiger partial charge is 0.381 e. The molecule has 0 aromatic rings. The third kappa shape index (κ3) is 2.08. The van der Waals surface area contributed by atoms with Crippen molar-refractivity contribution in [1.29, 1.82) is 0 Å². The molecule has 3 nitrogen and oxygen atoms in total. The Labute approximate surface area is 63.4 Å². The highest BCUT2D eigenvalue weighted by Crippen LogP contribution is 2.30. The monoisotopic (exact) mass is 167 g/mol. The maximum atomic E-state index is 12.8. The van der Waals surface area contributed by atoms with Crippen molar-refractivity contribution in [2.24, 2.45) is 11.8 Å². The normalized spacial score (nSPS) is 25.9. The van der Waals surface area contributed by atoms with Crippen LogP contribution in [0.1, 0.15) is 6.42 Å². The Morgan fingerprint density at radius 3 is 2.82 bits per heavy atom. The summed E-state index contributed by atoms with van der Waals surface area (Å²) in [5.74, 6) is 0.989. The molecular formula is C6H11F2NO2. The van der Waals surface area contributed by atoms with Crippen LogP contribution in [0.15, 0.2) is 0 Å². The van der Waals surface area contributed by atoms with Gasteiger partial charge in [0.25, 0.3) is 5.92 Å². The number of halogens is 2. The number of hydrogen-bond acceptors (Lipinski definition) is 3. The van der Waals surface area contributed by atoms with Gasteiger partial charge in [0.2, 0.25) is 0 Å². The van der Waals surface area contributed by atoms with Gasteiger partial charge in [0.1, 0.15) is 6.61 Å². The molecule has 0 bridgehead atoms. The van der Waals surface area contributed by atoms with Crippen LogP contribution in [-0.2, 0) is 9.57 Å². The first-order valence-electron chi connectivity index (χ1n) is 3.44. The zero-order valence-electron chi connectivity index (χ0n) is 6.06. The number of rotatable bonds is 3. The molecule has 11 heavy (non-hydrogen) atoms. The van der Waals surface area contributed by atoms with Crippen molar-refractivity contribution in [2.75, 3.05) is 19.8 Å². The molecule has 1 heterocycles. The number of nitrogens with two attached hydrogens (primary N) is 1. The van der Waals surface area contributed by atoms with Gasteiger partial charge in [-0.2, -0.15) is 0 Å². The predicted octanol–water partition coefficient (Wildman–Crippen LogP) is 0.548. The molecule has 66 valence electrons. The number of ether oxygens (including phenoxy) is 1. The lowest BCUT2D eigenvalue weighted by Crippen LogP contribution is -2.35. The quantitative estimate of drug-likeness (QED) is 0.624. The van der Waals surface area contributed by atoms with Crippen LogP contribution in [0.25, 0.3) is 0 Å². The summed E-state index contributed by atoms with van der Waals surface area (Å²) in [4.78, 5) is 3.91. The van der Waals surface area contributed by atoms with Crippen LogP contribution in [0.2, 0.25) is 0 Å². The van der Waals surface area contributed by atoms with Crippen molar-refractivity contribution in [3.05, 3.63) is 0 Å². The van der Waals surface area contributed by atoms with E-state index in [0.29, 0.717) is 13.0 Å². The van der Waals surface area contributed by atoms with E-state index in [4.69, 9.17) is 4.74 Å². The smallest absolute Gasteiger partial charge is 0.277 e. The molecule has 1 rings (SSSR count). The SMILES string of the molecule is NOCC(F)(F)C1CCOC1. The molecule has 0 saturated carbocycles. The summed E-state index contributed by atoms with van der Waals surface area (Å²) < 4.78 is 30.5. The third-order valence-electron chi connectivity index (χ3n) is 1.80. The van der Waals surface area contributed by atoms with Gasteiger partial charge in [-0.3, -0.25) is 4.84 Å². The van der Waals surface area contributed by atoms with Crippen LogP contribution < -0.4 is 5.90 Å². The Balaban J connectivity index is 2.41. The van der Waals surface area contributed by atoms with Gasteiger partial charge < -0.3 is 4.74 Å². The van der Waals surface area contributed by atoms with Gasteiger partial charge in [-0.15, -0.1) is 0 Å². The van der Waals surface area contributed by atoms with E-state index in [1.807, 2.05) is 0 Å². The highest BCUT2D eigenvalue weighted by atomic mass is 19.3. The van der Waals surface area contributed by atoms with Gasteiger partial charge in [0.05, 0.1) is 12.5 Å². The van der Waals surface area contributed by atoms with E-state index in [-0.39, 0.29) is 6.61 Å². The van der Waals surface area contributed by atoms with Gasteiger partial charge in [-0.25, -0.2) is 14.7 Å². The Kier molecular flexibility index (Phi) is 2.75. The van der Waals surface area contributed by atoms with Gasteiger partial charge in [0, 0.05) is 6.61 Å². The first-order valence-corrected chi connectivity index (χ1v) is 3.44. The second-order valence-electron chi connectivity index (χ2n) is 2.63. The van der Waals surface area contributed by atoms with E-state index >= 15 is 0 Å². The molecule has 2 N–H and O–H groups in total. The molecular weight excluding hydrogens is 156 g/mol. The fraction of sp³-hybridized carbons (Fsp3) is 1.00. The molecule has 0 aromatic carbocycles. The van der Waals surface area contributed by atoms with Gasteiger partial charge in [-0.05, 0) is 6.42 Å². The van der Waals surface area contributed by atoms with E-state index in [1.165, 1.54) is 0 Å². The molecule has 1 aliphatic heterocycles. The molecule has 0 radical (unpaired) electrons. The summed E-state index contributed by atoms with van der Waals surface area (Å²) in [7, 11) is 0. The second kappa shape index (κ2) is 3.42. The molecule has 1 saturated heterocycles. The van der Waals surface area contributed by atoms with E-state index in [2.05, 4.69) is 10.7 Å². The summed E-state index contributed by atoms with van der Waals surface area (Å²) in [5, 5.41) is 0. The van der Waals surface area contributed by atoms with Gasteiger partial charge in [0.15, 0.2) is 0 Å². The Morgan fingerprint density at radius 1 is 1.64 bits per heavy atom. The van der Waals surface area contributed by atoms with Crippen LogP contribution in [0, 0.1) is 5.92 Å². The highest BCUT2D eigenvalue weighted by molar-refractivity contribution is 4.79. The number of alkyl halides is 2. The molecule has 1 fully saturated rings. The van der Waals surface area contributed by atoms with E-state index in [9.17, 15) is 8.78 Å². The molecule has 0 amide bonds. The molecule has 0 spiro atoms. The lowest BCUT2D eigenvalue weighted by molar-refractivity contribution is -0.118. The fourth-order valence-electron chi connectivity index (χ4n) is 1.10. The van der Waals surface area contributed by atoms with Crippen LogP contribution in [0.5, 0.6) is 0 Å². The maximum Gasteiger partial charge on any atom is 0.277 e. The average molecular weight is 167 g/mol. The van der Waals surface area contributed by atoms with Crippen molar-refractivity contribution in [1.82, 2.24) is 0 Å². The zero-order valence-corrected chi connectivity index (χ0v) is 6.06. The summed E-state index contributed by atoms with van der Waals surface area (Å²) >= 11 is 0. The minimum atomic E-state index is -2.84. The lowest BCUT2D eigenvalue weighted by atomic mass is 10.0. The first kappa shape index (κ1) is 8.83. The number of hydrogen-bond donors (Lipinski definition) is 1. The van der Waals surface area contributed by atoms with Crippen molar-refractivity contribution < 1.29 is 18.4 Å². The van der Waals surface area contributed by atoms with Crippen molar-refractivity contribution >= 4 is 0 Å². The third-order valence-corrected chi connectivity index (χ3v) is 1.80. The molecule has 1 aliphatic rings. The Bertz CT molecular complexity index is 126. The zero-order chi connectivity index (χ0) is 8.32. The average Bonchev–Trinajstić information content (AvgIpc) is 2.37. The summed E-state index contributed by atoms with van der Waals surface area (Å²) in [6.07, 6.45) is 0.385. The lowest BCUT2D eigenvalue weighted by Gasteiger charge is -2.19.